The lowest BCUT2D eigenvalue weighted by Crippen LogP contribution is -2.43. The van der Waals surface area contributed by atoms with Crippen molar-refractivity contribution >= 4 is 0 Å². The molecular weight excluding hydrogens is 208 g/mol. The van der Waals surface area contributed by atoms with E-state index in [9.17, 15) is 8.78 Å². The average Bonchev–Trinajstić information content (AvgIpc) is 2.23. The van der Waals surface area contributed by atoms with Crippen LogP contribution in [0.1, 0.15) is 38.3 Å². The van der Waals surface area contributed by atoms with Crippen molar-refractivity contribution in [3.05, 3.63) is 34.9 Å². The smallest absolute Gasteiger partial charge is 0.134 e. The summed E-state index contributed by atoms with van der Waals surface area (Å²) in [6, 6.07) is 2.72. The van der Waals surface area contributed by atoms with Crippen molar-refractivity contribution in [2.24, 2.45) is 11.7 Å². The summed E-state index contributed by atoms with van der Waals surface area (Å²) in [5.74, 6) is -1.09. The van der Waals surface area contributed by atoms with E-state index in [-0.39, 0.29) is 11.5 Å². The van der Waals surface area contributed by atoms with E-state index < -0.39 is 17.2 Å². The van der Waals surface area contributed by atoms with Crippen LogP contribution in [0, 0.1) is 24.5 Å². The van der Waals surface area contributed by atoms with Crippen LogP contribution >= 0.6 is 0 Å². The van der Waals surface area contributed by atoms with Gasteiger partial charge in [0.1, 0.15) is 11.6 Å². The van der Waals surface area contributed by atoms with Crippen LogP contribution in [0.5, 0.6) is 0 Å². The van der Waals surface area contributed by atoms with Crippen LogP contribution in [0.15, 0.2) is 12.1 Å². The van der Waals surface area contributed by atoms with Crippen LogP contribution in [0.25, 0.3) is 0 Å². The highest BCUT2D eigenvalue weighted by Crippen LogP contribution is 2.34. The summed E-state index contributed by atoms with van der Waals surface area (Å²) in [5.41, 5.74) is 5.66. The minimum absolute atomic E-state index is 0.0185. The molecule has 16 heavy (non-hydrogen) atoms. The van der Waals surface area contributed by atoms with E-state index >= 15 is 0 Å². The Hall–Kier alpha value is -0.960. The fraction of sp³-hybridized carbons (Fsp3) is 0.538. The molecule has 1 rings (SSSR count). The quantitative estimate of drug-likeness (QED) is 0.840. The molecule has 0 radical (unpaired) electrons. The molecule has 0 aromatic heterocycles. The Morgan fingerprint density at radius 1 is 1.31 bits per heavy atom. The first-order valence-corrected chi connectivity index (χ1v) is 5.58. The standard InChI is InChI=1S/C13H19F2N/c1-5-13(16,8(2)3)11-10(14)7-6-9(4)12(11)15/h6-8H,5,16H2,1-4H3. The fourth-order valence-electron chi connectivity index (χ4n) is 1.96. The summed E-state index contributed by atoms with van der Waals surface area (Å²) in [7, 11) is 0. The van der Waals surface area contributed by atoms with Gasteiger partial charge in [-0.1, -0.05) is 26.8 Å². The SMILES string of the molecule is CCC(N)(c1c(F)ccc(C)c1F)C(C)C. The molecular formula is C13H19F2N. The van der Waals surface area contributed by atoms with Gasteiger partial charge in [-0.15, -0.1) is 0 Å². The van der Waals surface area contributed by atoms with Crippen LogP contribution in [0.4, 0.5) is 8.78 Å². The van der Waals surface area contributed by atoms with E-state index in [1.54, 1.807) is 6.92 Å². The lowest BCUT2D eigenvalue weighted by atomic mass is 9.77. The maximum atomic E-state index is 14.0. The highest BCUT2D eigenvalue weighted by Gasteiger charge is 2.35. The Morgan fingerprint density at radius 3 is 2.31 bits per heavy atom. The molecule has 1 atom stereocenters. The summed E-state index contributed by atoms with van der Waals surface area (Å²) < 4.78 is 27.7. The molecule has 1 aromatic carbocycles. The van der Waals surface area contributed by atoms with Crippen molar-refractivity contribution in [3.8, 4) is 0 Å². The fourth-order valence-corrected chi connectivity index (χ4v) is 1.96. The molecule has 0 amide bonds. The molecule has 0 aliphatic heterocycles. The van der Waals surface area contributed by atoms with Crippen molar-refractivity contribution in [2.75, 3.05) is 0 Å². The third kappa shape index (κ3) is 1.96. The Labute approximate surface area is 95.7 Å². The largest absolute Gasteiger partial charge is 0.321 e. The molecule has 0 bridgehead atoms. The second-order valence-corrected chi connectivity index (χ2v) is 4.60. The third-order valence-electron chi connectivity index (χ3n) is 3.36. The van der Waals surface area contributed by atoms with E-state index in [0.29, 0.717) is 12.0 Å². The first-order chi connectivity index (χ1) is 7.34. The average molecular weight is 227 g/mol. The Kier molecular flexibility index (Phi) is 3.68. The zero-order valence-corrected chi connectivity index (χ0v) is 10.3. The van der Waals surface area contributed by atoms with Gasteiger partial charge in [-0.25, -0.2) is 8.78 Å². The first kappa shape index (κ1) is 13.1. The van der Waals surface area contributed by atoms with Crippen LogP contribution in [0.2, 0.25) is 0 Å². The predicted molar refractivity (Wildman–Crippen MR) is 62.1 cm³/mol. The monoisotopic (exact) mass is 227 g/mol. The second kappa shape index (κ2) is 4.50. The number of benzene rings is 1. The first-order valence-electron chi connectivity index (χ1n) is 5.58. The van der Waals surface area contributed by atoms with E-state index in [2.05, 4.69) is 0 Å². The van der Waals surface area contributed by atoms with Crippen LogP contribution < -0.4 is 5.73 Å². The van der Waals surface area contributed by atoms with Crippen molar-refractivity contribution < 1.29 is 8.78 Å². The maximum absolute atomic E-state index is 14.0. The zero-order valence-electron chi connectivity index (χ0n) is 10.3. The topological polar surface area (TPSA) is 26.0 Å². The Morgan fingerprint density at radius 2 is 1.88 bits per heavy atom. The molecule has 0 fully saturated rings. The predicted octanol–water partition coefficient (Wildman–Crippen LogP) is 3.49. The number of nitrogens with two attached hydrogens (primary N) is 1. The number of halogens is 2. The van der Waals surface area contributed by atoms with Crippen molar-refractivity contribution in [1.29, 1.82) is 0 Å². The number of aryl methyl sites for hydroxylation is 1. The lowest BCUT2D eigenvalue weighted by Gasteiger charge is -2.34. The van der Waals surface area contributed by atoms with Gasteiger partial charge in [0.15, 0.2) is 0 Å². The summed E-state index contributed by atoms with van der Waals surface area (Å²) in [6.07, 6.45) is 0.502. The molecule has 1 unspecified atom stereocenters. The van der Waals surface area contributed by atoms with Crippen molar-refractivity contribution in [2.45, 2.75) is 39.7 Å². The number of rotatable bonds is 3. The summed E-state index contributed by atoms with van der Waals surface area (Å²) in [6.45, 7) is 7.23. The molecule has 0 aliphatic carbocycles. The highest BCUT2D eigenvalue weighted by atomic mass is 19.1. The van der Waals surface area contributed by atoms with Gasteiger partial charge in [-0.3, -0.25) is 0 Å². The minimum Gasteiger partial charge on any atom is -0.321 e. The van der Waals surface area contributed by atoms with Crippen LogP contribution in [-0.2, 0) is 5.54 Å². The van der Waals surface area contributed by atoms with Gasteiger partial charge in [0.25, 0.3) is 0 Å². The molecule has 2 N–H and O–H groups in total. The number of hydrogen-bond acceptors (Lipinski definition) is 1. The second-order valence-electron chi connectivity index (χ2n) is 4.60. The van der Waals surface area contributed by atoms with Crippen LogP contribution in [-0.4, -0.2) is 0 Å². The lowest BCUT2D eigenvalue weighted by molar-refractivity contribution is 0.282. The van der Waals surface area contributed by atoms with E-state index in [1.165, 1.54) is 12.1 Å². The summed E-state index contributed by atoms with van der Waals surface area (Å²) in [4.78, 5) is 0. The summed E-state index contributed by atoms with van der Waals surface area (Å²) in [5, 5.41) is 0. The zero-order chi connectivity index (χ0) is 12.5. The molecule has 3 heteroatoms. The van der Waals surface area contributed by atoms with Gasteiger partial charge >= 0.3 is 0 Å². The maximum Gasteiger partial charge on any atom is 0.134 e. The third-order valence-corrected chi connectivity index (χ3v) is 3.36. The van der Waals surface area contributed by atoms with Gasteiger partial charge in [0.2, 0.25) is 0 Å². The van der Waals surface area contributed by atoms with Gasteiger partial charge in [0.05, 0.1) is 0 Å². The van der Waals surface area contributed by atoms with Crippen molar-refractivity contribution in [1.82, 2.24) is 0 Å². The highest BCUT2D eigenvalue weighted by molar-refractivity contribution is 5.32. The van der Waals surface area contributed by atoms with Crippen molar-refractivity contribution in [3.63, 3.8) is 0 Å². The Bertz CT molecular complexity index is 388. The molecule has 0 aliphatic rings. The van der Waals surface area contributed by atoms with Gasteiger partial charge in [0, 0.05) is 11.1 Å². The molecule has 0 saturated heterocycles. The van der Waals surface area contributed by atoms with Crippen LogP contribution in [0.3, 0.4) is 0 Å². The minimum atomic E-state index is -0.944. The summed E-state index contributed by atoms with van der Waals surface area (Å²) >= 11 is 0. The Balaban J connectivity index is 3.47. The number of hydrogen-bond donors (Lipinski definition) is 1. The molecule has 0 spiro atoms. The normalized spacial score (nSPS) is 15.2. The molecule has 1 aromatic rings. The van der Waals surface area contributed by atoms with Gasteiger partial charge in [-0.2, -0.15) is 0 Å². The molecule has 90 valence electrons. The van der Waals surface area contributed by atoms with Gasteiger partial charge < -0.3 is 5.73 Å². The molecule has 0 heterocycles. The van der Waals surface area contributed by atoms with E-state index in [0.717, 1.165) is 0 Å². The molecule has 1 nitrogen and oxygen atoms in total. The van der Waals surface area contributed by atoms with E-state index in [4.69, 9.17) is 5.73 Å². The molecule has 0 saturated carbocycles. The van der Waals surface area contributed by atoms with Gasteiger partial charge in [-0.05, 0) is 30.9 Å². The van der Waals surface area contributed by atoms with E-state index in [1.807, 2.05) is 20.8 Å².